The van der Waals surface area contributed by atoms with E-state index >= 15 is 0 Å². The molecule has 19 heavy (non-hydrogen) atoms. The van der Waals surface area contributed by atoms with Crippen LogP contribution in [0, 0.1) is 0 Å². The lowest BCUT2D eigenvalue weighted by molar-refractivity contribution is -0.131. The predicted molar refractivity (Wildman–Crippen MR) is 74.7 cm³/mol. The van der Waals surface area contributed by atoms with E-state index < -0.39 is 5.97 Å². The normalized spacial score (nSPS) is 10.8. The predicted octanol–water partition coefficient (Wildman–Crippen LogP) is 3.24. The van der Waals surface area contributed by atoms with Crippen LogP contribution in [0.1, 0.15) is 18.9 Å². The van der Waals surface area contributed by atoms with E-state index in [-0.39, 0.29) is 0 Å². The molecule has 0 aromatic heterocycles. The summed E-state index contributed by atoms with van der Waals surface area (Å²) in [6.45, 7) is 3.62. The Bertz CT molecular complexity index is 443. The molecule has 5 heteroatoms. The molecule has 1 aromatic carbocycles. The van der Waals surface area contributed by atoms with Gasteiger partial charge in [0.25, 0.3) is 0 Å². The lowest BCUT2D eigenvalue weighted by Crippen LogP contribution is -2.07. The highest BCUT2D eigenvalue weighted by molar-refractivity contribution is 6.32. The molecule has 1 rings (SSSR count). The van der Waals surface area contributed by atoms with Crippen LogP contribution in [0.5, 0.6) is 5.75 Å². The number of hydrogen-bond acceptors (Lipinski definition) is 3. The van der Waals surface area contributed by atoms with E-state index in [4.69, 9.17) is 26.2 Å². The Kier molecular flexibility index (Phi) is 7.00. The Morgan fingerprint density at radius 2 is 2.16 bits per heavy atom. The Balaban J connectivity index is 2.66. The van der Waals surface area contributed by atoms with E-state index in [1.54, 1.807) is 18.2 Å². The molecular formula is C14H17ClO4. The first kappa shape index (κ1) is 15.5. The van der Waals surface area contributed by atoms with E-state index in [0.717, 1.165) is 12.5 Å². The van der Waals surface area contributed by atoms with Gasteiger partial charge < -0.3 is 14.6 Å². The third-order valence-electron chi connectivity index (χ3n) is 2.24. The highest BCUT2D eigenvalue weighted by Gasteiger charge is 2.05. The summed E-state index contributed by atoms with van der Waals surface area (Å²) in [7, 11) is 0. The molecule has 0 aliphatic rings. The molecule has 0 amide bonds. The van der Waals surface area contributed by atoms with E-state index in [1.807, 2.05) is 6.92 Å². The maximum Gasteiger partial charge on any atom is 0.328 e. The Hall–Kier alpha value is -1.52. The van der Waals surface area contributed by atoms with Crippen LogP contribution in [0.3, 0.4) is 0 Å². The van der Waals surface area contributed by atoms with E-state index in [0.29, 0.717) is 36.2 Å². The molecule has 0 saturated heterocycles. The van der Waals surface area contributed by atoms with E-state index in [9.17, 15) is 4.79 Å². The van der Waals surface area contributed by atoms with Crippen molar-refractivity contribution in [1.82, 2.24) is 0 Å². The van der Waals surface area contributed by atoms with E-state index in [2.05, 4.69) is 0 Å². The van der Waals surface area contributed by atoms with Crippen molar-refractivity contribution in [2.24, 2.45) is 0 Å². The summed E-state index contributed by atoms with van der Waals surface area (Å²) in [5.74, 6) is -0.484. The first-order valence-electron chi connectivity index (χ1n) is 6.05. The van der Waals surface area contributed by atoms with Gasteiger partial charge in [0.1, 0.15) is 12.4 Å². The maximum atomic E-state index is 10.5. The SMILES string of the molecule is CCCOCCOc1cccc(Cl)c1/C=C/C(=O)O. The Morgan fingerprint density at radius 3 is 2.84 bits per heavy atom. The molecule has 0 bridgehead atoms. The Labute approximate surface area is 117 Å². The summed E-state index contributed by atoms with van der Waals surface area (Å²) in [5, 5.41) is 9.09. The molecule has 0 atom stereocenters. The largest absolute Gasteiger partial charge is 0.491 e. The molecule has 104 valence electrons. The molecule has 1 N–H and O–H groups in total. The third-order valence-corrected chi connectivity index (χ3v) is 2.57. The molecular weight excluding hydrogens is 268 g/mol. The molecule has 0 aliphatic heterocycles. The number of carboxylic acids is 1. The van der Waals surface area contributed by atoms with Gasteiger partial charge in [-0.15, -0.1) is 0 Å². The average Bonchev–Trinajstić information content (AvgIpc) is 2.37. The zero-order chi connectivity index (χ0) is 14.1. The summed E-state index contributed by atoms with van der Waals surface area (Å²) >= 11 is 6.02. The van der Waals surface area contributed by atoms with Crippen LogP contribution in [-0.2, 0) is 9.53 Å². The number of carboxylic acid groups (broad SMARTS) is 1. The smallest absolute Gasteiger partial charge is 0.328 e. The minimum absolute atomic E-state index is 0.397. The summed E-state index contributed by atoms with van der Waals surface area (Å²) in [6.07, 6.45) is 3.42. The van der Waals surface area contributed by atoms with Crippen LogP contribution >= 0.6 is 11.6 Å². The van der Waals surface area contributed by atoms with Gasteiger partial charge >= 0.3 is 5.97 Å². The highest BCUT2D eigenvalue weighted by atomic mass is 35.5. The molecule has 0 spiro atoms. The van der Waals surface area contributed by atoms with Gasteiger partial charge in [0.2, 0.25) is 0 Å². The van der Waals surface area contributed by atoms with Gasteiger partial charge in [-0.05, 0) is 24.6 Å². The second-order valence-corrected chi connectivity index (χ2v) is 4.19. The van der Waals surface area contributed by atoms with Crippen LogP contribution in [0.25, 0.3) is 6.08 Å². The molecule has 4 nitrogen and oxygen atoms in total. The van der Waals surface area contributed by atoms with Crippen LogP contribution < -0.4 is 4.74 Å². The van der Waals surface area contributed by atoms with Crippen molar-refractivity contribution < 1.29 is 19.4 Å². The van der Waals surface area contributed by atoms with Gasteiger partial charge in [-0.2, -0.15) is 0 Å². The van der Waals surface area contributed by atoms with Crippen LogP contribution in [-0.4, -0.2) is 30.9 Å². The number of hydrogen-bond donors (Lipinski definition) is 1. The van der Waals surface area contributed by atoms with Gasteiger partial charge in [-0.25, -0.2) is 4.79 Å². The first-order chi connectivity index (χ1) is 9.15. The van der Waals surface area contributed by atoms with Gasteiger partial charge in [0.15, 0.2) is 0 Å². The van der Waals surface area contributed by atoms with Gasteiger partial charge in [0, 0.05) is 18.2 Å². The van der Waals surface area contributed by atoms with Crippen molar-refractivity contribution in [2.45, 2.75) is 13.3 Å². The Morgan fingerprint density at radius 1 is 1.37 bits per heavy atom. The minimum Gasteiger partial charge on any atom is -0.491 e. The van der Waals surface area contributed by atoms with E-state index in [1.165, 1.54) is 6.08 Å². The summed E-state index contributed by atoms with van der Waals surface area (Å²) in [6, 6.07) is 5.18. The number of rotatable bonds is 8. The van der Waals surface area contributed by atoms with Crippen molar-refractivity contribution in [1.29, 1.82) is 0 Å². The second-order valence-electron chi connectivity index (χ2n) is 3.78. The first-order valence-corrected chi connectivity index (χ1v) is 6.43. The summed E-state index contributed by atoms with van der Waals surface area (Å²) < 4.78 is 10.8. The topological polar surface area (TPSA) is 55.8 Å². The quantitative estimate of drug-likeness (QED) is 0.588. The average molecular weight is 285 g/mol. The van der Waals surface area contributed by atoms with Gasteiger partial charge in [0.05, 0.1) is 11.6 Å². The monoisotopic (exact) mass is 284 g/mol. The molecule has 0 radical (unpaired) electrons. The lowest BCUT2D eigenvalue weighted by atomic mass is 10.2. The maximum absolute atomic E-state index is 10.5. The van der Waals surface area contributed by atoms with Crippen molar-refractivity contribution in [3.05, 3.63) is 34.9 Å². The third kappa shape index (κ3) is 5.77. The molecule has 0 aliphatic carbocycles. The fraction of sp³-hybridized carbons (Fsp3) is 0.357. The second kappa shape index (κ2) is 8.56. The molecule has 0 saturated carbocycles. The number of ether oxygens (including phenoxy) is 2. The van der Waals surface area contributed by atoms with Crippen LogP contribution in [0.2, 0.25) is 5.02 Å². The highest BCUT2D eigenvalue weighted by Crippen LogP contribution is 2.27. The zero-order valence-electron chi connectivity index (χ0n) is 10.8. The number of carbonyl (C=O) groups is 1. The number of aliphatic carboxylic acids is 1. The molecule has 0 heterocycles. The van der Waals surface area contributed by atoms with Crippen LogP contribution in [0.4, 0.5) is 0 Å². The summed E-state index contributed by atoms with van der Waals surface area (Å²) in [5.41, 5.74) is 0.557. The number of halogens is 1. The van der Waals surface area contributed by atoms with Crippen molar-refractivity contribution >= 4 is 23.6 Å². The van der Waals surface area contributed by atoms with Crippen molar-refractivity contribution in [2.75, 3.05) is 19.8 Å². The van der Waals surface area contributed by atoms with Gasteiger partial charge in [-0.3, -0.25) is 0 Å². The lowest BCUT2D eigenvalue weighted by Gasteiger charge is -2.10. The summed E-state index contributed by atoms with van der Waals surface area (Å²) in [4.78, 5) is 10.5. The zero-order valence-corrected chi connectivity index (χ0v) is 11.5. The van der Waals surface area contributed by atoms with Crippen molar-refractivity contribution in [3.63, 3.8) is 0 Å². The minimum atomic E-state index is -1.03. The van der Waals surface area contributed by atoms with Gasteiger partial charge in [-0.1, -0.05) is 24.6 Å². The fourth-order valence-electron chi connectivity index (χ4n) is 1.42. The van der Waals surface area contributed by atoms with Crippen LogP contribution in [0.15, 0.2) is 24.3 Å². The molecule has 0 fully saturated rings. The fourth-order valence-corrected chi connectivity index (χ4v) is 1.65. The number of benzene rings is 1. The molecule has 0 unspecified atom stereocenters. The molecule has 1 aromatic rings. The standard InChI is InChI=1S/C14H17ClO4/c1-2-8-18-9-10-19-13-5-3-4-12(15)11(13)6-7-14(16)17/h3-7H,2,8-10H2,1H3,(H,16,17)/b7-6+. The van der Waals surface area contributed by atoms with Crippen molar-refractivity contribution in [3.8, 4) is 5.75 Å².